The minimum atomic E-state index is -1.08. The number of fused-ring (bicyclic) bond motifs is 2. The Balaban J connectivity index is 1.58. The van der Waals surface area contributed by atoms with E-state index < -0.39 is 46.3 Å². The monoisotopic (exact) mass is 490 g/mol. The van der Waals surface area contributed by atoms with Crippen LogP contribution in [0.1, 0.15) is 20.7 Å². The molecular formula is C28H14F4O4. The summed E-state index contributed by atoms with van der Waals surface area (Å²) < 4.78 is 65.5. The molecular weight excluding hydrogens is 476 g/mol. The van der Waals surface area contributed by atoms with Crippen molar-refractivity contribution in [3.8, 4) is 11.5 Å². The molecule has 0 N–H and O–H groups in total. The van der Waals surface area contributed by atoms with Crippen molar-refractivity contribution in [3.05, 3.63) is 119 Å². The van der Waals surface area contributed by atoms with Crippen LogP contribution in [0.4, 0.5) is 17.6 Å². The van der Waals surface area contributed by atoms with Crippen LogP contribution in [0.5, 0.6) is 11.5 Å². The van der Waals surface area contributed by atoms with E-state index in [1.54, 1.807) is 24.3 Å². The predicted molar refractivity (Wildman–Crippen MR) is 124 cm³/mol. The number of halogens is 4. The van der Waals surface area contributed by atoms with Gasteiger partial charge in [0.15, 0.2) is 0 Å². The second-order valence-corrected chi connectivity index (χ2v) is 7.83. The molecule has 0 bridgehead atoms. The highest BCUT2D eigenvalue weighted by atomic mass is 19.1. The van der Waals surface area contributed by atoms with E-state index in [0.29, 0.717) is 22.9 Å². The average Bonchev–Trinajstić information content (AvgIpc) is 2.84. The first-order chi connectivity index (χ1) is 17.3. The molecule has 0 fully saturated rings. The van der Waals surface area contributed by atoms with E-state index in [1.165, 1.54) is 12.1 Å². The SMILES string of the molecule is O=C(Oc1ccc(OC(=O)c2ccc(F)cc2F)c2cc3ccccc3cc12)c1ccc(F)cc1F. The zero-order valence-corrected chi connectivity index (χ0v) is 18.2. The quantitative estimate of drug-likeness (QED) is 0.118. The summed E-state index contributed by atoms with van der Waals surface area (Å²) in [6, 6.07) is 18.2. The maximum Gasteiger partial charge on any atom is 0.346 e. The van der Waals surface area contributed by atoms with E-state index >= 15 is 0 Å². The van der Waals surface area contributed by atoms with Gasteiger partial charge in [-0.05, 0) is 59.3 Å². The molecule has 0 aromatic heterocycles. The van der Waals surface area contributed by atoms with E-state index in [9.17, 15) is 27.2 Å². The standard InChI is InChI=1S/C28H14F4O4/c29-17-5-7-19(23(31)13-17)27(33)35-25-9-10-26(36-28(34)20-8-6-18(30)14-24(20)32)22-12-16-4-2-1-3-15(16)11-21(22)25/h1-14H. The molecule has 0 radical (unpaired) electrons. The summed E-state index contributed by atoms with van der Waals surface area (Å²) in [6.45, 7) is 0. The van der Waals surface area contributed by atoms with E-state index in [1.807, 2.05) is 12.1 Å². The van der Waals surface area contributed by atoms with E-state index in [2.05, 4.69) is 0 Å². The average molecular weight is 490 g/mol. The first-order valence-corrected chi connectivity index (χ1v) is 10.6. The highest BCUT2D eigenvalue weighted by Crippen LogP contribution is 2.37. The van der Waals surface area contributed by atoms with Gasteiger partial charge in [-0.3, -0.25) is 0 Å². The topological polar surface area (TPSA) is 52.6 Å². The fraction of sp³-hybridized carbons (Fsp3) is 0. The van der Waals surface area contributed by atoms with E-state index in [-0.39, 0.29) is 11.5 Å². The smallest absolute Gasteiger partial charge is 0.346 e. The van der Waals surface area contributed by atoms with Gasteiger partial charge in [-0.2, -0.15) is 0 Å². The lowest BCUT2D eigenvalue weighted by Gasteiger charge is -2.14. The van der Waals surface area contributed by atoms with Gasteiger partial charge in [-0.1, -0.05) is 24.3 Å². The Morgan fingerprint density at radius 1 is 0.528 bits per heavy atom. The van der Waals surface area contributed by atoms with Crippen molar-refractivity contribution in [2.24, 2.45) is 0 Å². The molecule has 5 aromatic rings. The number of carbonyl (C=O) groups is 2. The minimum Gasteiger partial charge on any atom is -0.422 e. The number of hydrogen-bond donors (Lipinski definition) is 0. The summed E-state index contributed by atoms with van der Waals surface area (Å²) in [5, 5.41) is 2.22. The fourth-order valence-electron chi connectivity index (χ4n) is 3.78. The molecule has 36 heavy (non-hydrogen) atoms. The fourth-order valence-corrected chi connectivity index (χ4v) is 3.78. The molecule has 0 heterocycles. The zero-order valence-electron chi connectivity index (χ0n) is 18.2. The Labute approximate surface area is 201 Å². The predicted octanol–water partition coefficient (Wildman–Crippen LogP) is 6.99. The largest absolute Gasteiger partial charge is 0.422 e. The molecule has 0 aliphatic heterocycles. The van der Waals surface area contributed by atoms with Gasteiger partial charge in [-0.25, -0.2) is 27.2 Å². The lowest BCUT2D eigenvalue weighted by molar-refractivity contribution is 0.0717. The second kappa shape index (κ2) is 9.14. The molecule has 178 valence electrons. The Morgan fingerprint density at radius 2 is 0.944 bits per heavy atom. The normalized spacial score (nSPS) is 11.0. The van der Waals surface area contributed by atoms with Crippen LogP contribution in [0.25, 0.3) is 21.5 Å². The molecule has 5 rings (SSSR count). The maximum absolute atomic E-state index is 14.1. The van der Waals surface area contributed by atoms with Crippen molar-refractivity contribution < 1.29 is 36.6 Å². The number of rotatable bonds is 4. The lowest BCUT2D eigenvalue weighted by atomic mass is 10.0. The summed E-state index contributed by atoms with van der Waals surface area (Å²) in [4.78, 5) is 25.2. The Hall–Kier alpha value is -4.72. The second-order valence-electron chi connectivity index (χ2n) is 7.83. The Kier molecular flexibility index (Phi) is 5.85. The van der Waals surface area contributed by atoms with Crippen LogP contribution in [0.3, 0.4) is 0 Å². The summed E-state index contributed by atoms with van der Waals surface area (Å²) in [6.07, 6.45) is 0. The highest BCUT2D eigenvalue weighted by Gasteiger charge is 2.20. The third kappa shape index (κ3) is 4.36. The van der Waals surface area contributed by atoms with Gasteiger partial charge in [0.05, 0.1) is 11.1 Å². The highest BCUT2D eigenvalue weighted by molar-refractivity contribution is 6.06. The summed E-state index contributed by atoms with van der Waals surface area (Å²) in [7, 11) is 0. The van der Waals surface area contributed by atoms with Crippen LogP contribution >= 0.6 is 0 Å². The van der Waals surface area contributed by atoms with Gasteiger partial charge in [-0.15, -0.1) is 0 Å². The molecule has 5 aromatic carbocycles. The van der Waals surface area contributed by atoms with Gasteiger partial charge in [0.1, 0.15) is 34.8 Å². The van der Waals surface area contributed by atoms with Crippen LogP contribution in [-0.2, 0) is 0 Å². The number of hydrogen-bond acceptors (Lipinski definition) is 4. The number of benzene rings is 5. The number of carbonyl (C=O) groups excluding carboxylic acids is 2. The summed E-state index contributed by atoms with van der Waals surface area (Å²) >= 11 is 0. The van der Waals surface area contributed by atoms with Crippen LogP contribution in [-0.4, -0.2) is 11.9 Å². The third-order valence-corrected chi connectivity index (χ3v) is 5.51. The first-order valence-electron chi connectivity index (χ1n) is 10.6. The van der Waals surface area contributed by atoms with Crippen LogP contribution in [0.15, 0.2) is 84.9 Å². The summed E-state index contributed by atoms with van der Waals surface area (Å²) in [5.74, 6) is -5.91. The molecule has 0 spiro atoms. The molecule has 0 unspecified atom stereocenters. The zero-order chi connectivity index (χ0) is 25.4. The molecule has 4 nitrogen and oxygen atoms in total. The van der Waals surface area contributed by atoms with E-state index in [4.69, 9.17) is 9.47 Å². The van der Waals surface area contributed by atoms with Gasteiger partial charge in [0.2, 0.25) is 0 Å². The van der Waals surface area contributed by atoms with Gasteiger partial charge < -0.3 is 9.47 Å². The minimum absolute atomic E-state index is 0.0252. The Morgan fingerprint density at radius 3 is 1.33 bits per heavy atom. The van der Waals surface area contributed by atoms with Crippen LogP contribution in [0.2, 0.25) is 0 Å². The third-order valence-electron chi connectivity index (χ3n) is 5.51. The van der Waals surface area contributed by atoms with Gasteiger partial charge in [0, 0.05) is 22.9 Å². The number of ether oxygens (including phenoxy) is 2. The lowest BCUT2D eigenvalue weighted by Crippen LogP contribution is -2.12. The first kappa shape index (κ1) is 23.0. The van der Waals surface area contributed by atoms with Crippen molar-refractivity contribution in [1.82, 2.24) is 0 Å². The molecule has 0 aliphatic carbocycles. The van der Waals surface area contributed by atoms with Crippen molar-refractivity contribution in [1.29, 1.82) is 0 Å². The molecule has 0 saturated heterocycles. The van der Waals surface area contributed by atoms with Crippen LogP contribution in [0, 0.1) is 23.3 Å². The maximum atomic E-state index is 14.1. The van der Waals surface area contributed by atoms with Crippen molar-refractivity contribution >= 4 is 33.5 Å². The van der Waals surface area contributed by atoms with Gasteiger partial charge in [0.25, 0.3) is 0 Å². The van der Waals surface area contributed by atoms with Crippen LogP contribution < -0.4 is 9.47 Å². The molecule has 0 aliphatic rings. The number of esters is 2. The molecule has 0 atom stereocenters. The Bertz CT molecular complexity index is 1560. The summed E-state index contributed by atoms with van der Waals surface area (Å²) in [5.41, 5.74) is -0.930. The molecule has 0 amide bonds. The van der Waals surface area contributed by atoms with Crippen molar-refractivity contribution in [3.63, 3.8) is 0 Å². The molecule has 8 heteroatoms. The van der Waals surface area contributed by atoms with E-state index in [0.717, 1.165) is 35.0 Å². The van der Waals surface area contributed by atoms with Gasteiger partial charge >= 0.3 is 11.9 Å². The van der Waals surface area contributed by atoms with Crippen molar-refractivity contribution in [2.75, 3.05) is 0 Å². The molecule has 0 saturated carbocycles. The van der Waals surface area contributed by atoms with Crippen molar-refractivity contribution in [2.45, 2.75) is 0 Å².